The Bertz CT molecular complexity index is 844. The van der Waals surface area contributed by atoms with Crippen LogP contribution < -0.4 is 15.4 Å². The fourth-order valence-electron chi connectivity index (χ4n) is 3.91. The molecule has 1 aromatic heterocycles. The Morgan fingerprint density at radius 3 is 2.65 bits per heavy atom. The lowest BCUT2D eigenvalue weighted by Crippen LogP contribution is -2.41. The van der Waals surface area contributed by atoms with E-state index in [4.69, 9.17) is 4.74 Å². The molecule has 172 valence electrons. The Morgan fingerprint density at radius 2 is 2.03 bits per heavy atom. The molecule has 31 heavy (non-hydrogen) atoms. The molecule has 1 aliphatic carbocycles. The molecule has 0 saturated heterocycles. The molecule has 8 heteroatoms. The zero-order valence-corrected chi connectivity index (χ0v) is 21.7. The molecule has 0 aliphatic heterocycles. The highest BCUT2D eigenvalue weighted by Gasteiger charge is 2.19. The van der Waals surface area contributed by atoms with Crippen LogP contribution in [0.15, 0.2) is 35.6 Å². The van der Waals surface area contributed by atoms with Gasteiger partial charge in [0.15, 0.2) is 5.96 Å². The van der Waals surface area contributed by atoms with Crippen LogP contribution in [0.2, 0.25) is 0 Å². The first-order chi connectivity index (χ1) is 14.5. The summed E-state index contributed by atoms with van der Waals surface area (Å²) in [5.41, 5.74) is 3.56. The van der Waals surface area contributed by atoms with Crippen molar-refractivity contribution < 1.29 is 4.74 Å². The SMILES string of the molecule is CN=C(NCc1ccc(C)cc1OC1CCCC1)NCC(c1cnn(C)c1)N(C)C.I. The number of aromatic nitrogens is 2. The fraction of sp³-hybridized carbons (Fsp3) is 0.565. The Morgan fingerprint density at radius 1 is 1.29 bits per heavy atom. The first-order valence-electron chi connectivity index (χ1n) is 10.8. The van der Waals surface area contributed by atoms with E-state index in [2.05, 4.69) is 71.0 Å². The summed E-state index contributed by atoms with van der Waals surface area (Å²) in [5.74, 6) is 1.77. The molecule has 1 fully saturated rings. The maximum atomic E-state index is 6.33. The highest BCUT2D eigenvalue weighted by Crippen LogP contribution is 2.27. The predicted molar refractivity (Wildman–Crippen MR) is 137 cm³/mol. The quantitative estimate of drug-likeness (QED) is 0.304. The highest BCUT2D eigenvalue weighted by molar-refractivity contribution is 14.0. The summed E-state index contributed by atoms with van der Waals surface area (Å²) in [6, 6.07) is 6.64. The molecule has 1 atom stereocenters. The van der Waals surface area contributed by atoms with Crippen LogP contribution >= 0.6 is 24.0 Å². The van der Waals surface area contributed by atoms with Gasteiger partial charge in [-0.3, -0.25) is 9.67 Å². The van der Waals surface area contributed by atoms with E-state index in [1.807, 2.05) is 17.9 Å². The van der Waals surface area contributed by atoms with Gasteiger partial charge in [0.1, 0.15) is 5.75 Å². The van der Waals surface area contributed by atoms with Crippen LogP contribution in [0.1, 0.15) is 48.4 Å². The van der Waals surface area contributed by atoms with Crippen molar-refractivity contribution in [3.8, 4) is 5.75 Å². The van der Waals surface area contributed by atoms with E-state index in [1.165, 1.54) is 24.0 Å². The lowest BCUT2D eigenvalue weighted by molar-refractivity contribution is 0.207. The predicted octanol–water partition coefficient (Wildman–Crippen LogP) is 3.64. The molecule has 2 N–H and O–H groups in total. The minimum absolute atomic E-state index is 0. The van der Waals surface area contributed by atoms with E-state index in [0.29, 0.717) is 12.6 Å². The van der Waals surface area contributed by atoms with Crippen LogP contribution in [0.3, 0.4) is 0 Å². The molecule has 1 aliphatic rings. The minimum Gasteiger partial charge on any atom is -0.490 e. The van der Waals surface area contributed by atoms with Crippen LogP contribution in [0, 0.1) is 6.92 Å². The maximum Gasteiger partial charge on any atom is 0.191 e. The number of hydrogen-bond acceptors (Lipinski definition) is 4. The summed E-state index contributed by atoms with van der Waals surface area (Å²) in [7, 11) is 7.90. The van der Waals surface area contributed by atoms with Gasteiger partial charge in [-0.05, 0) is 58.3 Å². The number of nitrogens with zero attached hydrogens (tertiary/aromatic N) is 4. The number of likely N-dealkylation sites (N-methyl/N-ethyl adjacent to an activating group) is 1. The first kappa shape index (κ1) is 25.5. The van der Waals surface area contributed by atoms with E-state index < -0.39 is 0 Å². The van der Waals surface area contributed by atoms with Gasteiger partial charge in [-0.2, -0.15) is 5.10 Å². The lowest BCUT2D eigenvalue weighted by atomic mass is 10.1. The first-order valence-corrected chi connectivity index (χ1v) is 10.8. The molecule has 1 unspecified atom stereocenters. The Hall–Kier alpha value is -1.81. The van der Waals surface area contributed by atoms with E-state index in [9.17, 15) is 0 Å². The Labute approximate surface area is 203 Å². The summed E-state index contributed by atoms with van der Waals surface area (Å²) in [4.78, 5) is 6.58. The summed E-state index contributed by atoms with van der Waals surface area (Å²) in [6.45, 7) is 3.51. The number of nitrogens with one attached hydrogen (secondary N) is 2. The molecule has 0 bridgehead atoms. The number of halogens is 1. The van der Waals surface area contributed by atoms with Gasteiger partial charge < -0.3 is 20.3 Å². The molecule has 2 aromatic rings. The van der Waals surface area contributed by atoms with Crippen LogP contribution in [0.5, 0.6) is 5.75 Å². The van der Waals surface area contributed by atoms with Crippen molar-refractivity contribution in [1.82, 2.24) is 25.3 Å². The topological polar surface area (TPSA) is 66.7 Å². The molecule has 0 spiro atoms. The van der Waals surface area contributed by atoms with Crippen molar-refractivity contribution in [2.24, 2.45) is 12.0 Å². The zero-order chi connectivity index (χ0) is 21.5. The molecule has 0 amide bonds. The van der Waals surface area contributed by atoms with E-state index in [1.54, 1.807) is 7.05 Å². The second-order valence-electron chi connectivity index (χ2n) is 8.37. The molecule has 1 saturated carbocycles. The average molecular weight is 540 g/mol. The number of ether oxygens (including phenoxy) is 1. The Kier molecular flexibility index (Phi) is 10.1. The van der Waals surface area contributed by atoms with Crippen molar-refractivity contribution in [2.45, 2.75) is 51.3 Å². The normalized spacial score (nSPS) is 15.6. The van der Waals surface area contributed by atoms with Crippen LogP contribution in [-0.2, 0) is 13.6 Å². The molecule has 0 radical (unpaired) electrons. The molecule has 1 aromatic carbocycles. The average Bonchev–Trinajstić information content (AvgIpc) is 3.37. The molecular weight excluding hydrogens is 503 g/mol. The molecule has 1 heterocycles. The fourth-order valence-corrected chi connectivity index (χ4v) is 3.91. The maximum absolute atomic E-state index is 6.33. The zero-order valence-electron chi connectivity index (χ0n) is 19.4. The third-order valence-corrected chi connectivity index (χ3v) is 5.68. The van der Waals surface area contributed by atoms with Crippen LogP contribution in [0.25, 0.3) is 0 Å². The second kappa shape index (κ2) is 12.3. The van der Waals surface area contributed by atoms with Crippen molar-refractivity contribution >= 4 is 29.9 Å². The van der Waals surface area contributed by atoms with Gasteiger partial charge >= 0.3 is 0 Å². The van der Waals surface area contributed by atoms with Gasteiger partial charge in [-0.15, -0.1) is 24.0 Å². The number of aliphatic imine (C=N–C) groups is 1. The van der Waals surface area contributed by atoms with Crippen molar-refractivity contribution in [1.29, 1.82) is 0 Å². The Balaban J connectivity index is 0.00000341. The lowest BCUT2D eigenvalue weighted by Gasteiger charge is -2.25. The summed E-state index contributed by atoms with van der Waals surface area (Å²) >= 11 is 0. The van der Waals surface area contributed by atoms with Gasteiger partial charge in [0.25, 0.3) is 0 Å². The third kappa shape index (κ3) is 7.38. The second-order valence-corrected chi connectivity index (χ2v) is 8.37. The molecule has 3 rings (SSSR count). The monoisotopic (exact) mass is 540 g/mol. The van der Waals surface area contributed by atoms with Crippen LogP contribution in [0.4, 0.5) is 0 Å². The van der Waals surface area contributed by atoms with Gasteiger partial charge in [0.05, 0.1) is 18.3 Å². The van der Waals surface area contributed by atoms with Crippen LogP contribution in [-0.4, -0.2) is 54.4 Å². The van der Waals surface area contributed by atoms with E-state index >= 15 is 0 Å². The number of benzene rings is 1. The van der Waals surface area contributed by atoms with Crippen molar-refractivity contribution in [3.63, 3.8) is 0 Å². The number of aryl methyl sites for hydroxylation is 2. The van der Waals surface area contributed by atoms with E-state index in [0.717, 1.165) is 36.7 Å². The number of hydrogen-bond donors (Lipinski definition) is 2. The molecule has 7 nitrogen and oxygen atoms in total. The third-order valence-electron chi connectivity index (χ3n) is 5.68. The highest BCUT2D eigenvalue weighted by atomic mass is 127. The summed E-state index contributed by atoms with van der Waals surface area (Å²) < 4.78 is 8.16. The smallest absolute Gasteiger partial charge is 0.191 e. The van der Waals surface area contributed by atoms with Crippen molar-refractivity contribution in [2.75, 3.05) is 27.7 Å². The number of rotatable bonds is 8. The van der Waals surface area contributed by atoms with Gasteiger partial charge in [-0.1, -0.05) is 12.1 Å². The van der Waals surface area contributed by atoms with Gasteiger partial charge in [-0.25, -0.2) is 0 Å². The van der Waals surface area contributed by atoms with Gasteiger partial charge in [0, 0.05) is 44.5 Å². The summed E-state index contributed by atoms with van der Waals surface area (Å²) in [5, 5.41) is 11.2. The molecular formula is C23H37IN6O. The van der Waals surface area contributed by atoms with Gasteiger partial charge in [0.2, 0.25) is 0 Å². The van der Waals surface area contributed by atoms with Crippen molar-refractivity contribution in [3.05, 3.63) is 47.3 Å². The number of guanidine groups is 1. The summed E-state index contributed by atoms with van der Waals surface area (Å²) in [6.07, 6.45) is 9.18. The largest absolute Gasteiger partial charge is 0.490 e. The standard InChI is InChI=1S/C23H36N6O.HI/c1-17-10-11-18(22(12-17)30-20-8-6-7-9-20)13-25-23(24-2)26-15-21(28(3)4)19-14-27-29(5)16-19;/h10-12,14,16,20-21H,6-9,13,15H2,1-5H3,(H2,24,25,26);1H. The van der Waals surface area contributed by atoms with E-state index in [-0.39, 0.29) is 30.0 Å². The minimum atomic E-state index is 0.